The second kappa shape index (κ2) is 6.65. The summed E-state index contributed by atoms with van der Waals surface area (Å²) in [6.45, 7) is -0.0806. The number of aliphatic hydroxyl groups excluding tert-OH is 1. The summed E-state index contributed by atoms with van der Waals surface area (Å²) in [5, 5.41) is 20.0. The Morgan fingerprint density at radius 3 is 2.65 bits per heavy atom. The van der Waals surface area contributed by atoms with Crippen molar-refractivity contribution in [2.45, 2.75) is 25.9 Å². The maximum Gasteiger partial charge on any atom is 0.303 e. The first-order chi connectivity index (χ1) is 8.11. The van der Waals surface area contributed by atoms with Gasteiger partial charge >= 0.3 is 5.97 Å². The predicted molar refractivity (Wildman–Crippen MR) is 62.5 cm³/mol. The molecule has 0 saturated heterocycles. The number of aliphatic hydroxyl groups is 1. The number of aliphatic carboxylic acids is 1. The largest absolute Gasteiger partial charge is 0.481 e. The van der Waals surface area contributed by atoms with Crippen LogP contribution in [0.2, 0.25) is 0 Å². The van der Waals surface area contributed by atoms with Gasteiger partial charge in [0.05, 0.1) is 6.61 Å². The number of amides is 1. The third-order valence-corrected chi connectivity index (χ3v) is 2.19. The van der Waals surface area contributed by atoms with Crippen LogP contribution in [0.25, 0.3) is 0 Å². The van der Waals surface area contributed by atoms with Crippen LogP contribution in [0, 0.1) is 0 Å². The van der Waals surface area contributed by atoms with Gasteiger partial charge in [-0.25, -0.2) is 0 Å². The van der Waals surface area contributed by atoms with Crippen molar-refractivity contribution >= 4 is 17.6 Å². The van der Waals surface area contributed by atoms with Gasteiger partial charge in [-0.15, -0.1) is 0 Å². The average Bonchev–Trinajstić information content (AvgIpc) is 2.28. The molecular formula is C12H15NO4. The molecule has 5 nitrogen and oxygen atoms in total. The number of carbonyl (C=O) groups excluding carboxylic acids is 1. The number of carboxylic acids is 1. The van der Waals surface area contributed by atoms with Crippen LogP contribution in [0.4, 0.5) is 5.69 Å². The molecule has 0 bridgehead atoms. The number of rotatable bonds is 6. The van der Waals surface area contributed by atoms with E-state index in [2.05, 4.69) is 5.32 Å². The van der Waals surface area contributed by atoms with E-state index in [1.54, 1.807) is 24.3 Å². The number of anilines is 1. The number of hydrogen-bond acceptors (Lipinski definition) is 3. The second-order valence-electron chi connectivity index (χ2n) is 3.65. The lowest BCUT2D eigenvalue weighted by atomic mass is 10.2. The fraction of sp³-hybridized carbons (Fsp3) is 0.333. The van der Waals surface area contributed by atoms with Gasteiger partial charge in [-0.1, -0.05) is 12.1 Å². The minimum Gasteiger partial charge on any atom is -0.481 e. The lowest BCUT2D eigenvalue weighted by Crippen LogP contribution is -2.12. The molecule has 1 rings (SSSR count). The van der Waals surface area contributed by atoms with E-state index in [1.807, 2.05) is 0 Å². The van der Waals surface area contributed by atoms with Crippen molar-refractivity contribution in [2.24, 2.45) is 0 Å². The minimum absolute atomic E-state index is 0.00982. The van der Waals surface area contributed by atoms with E-state index in [0.717, 1.165) is 0 Å². The molecule has 0 atom stereocenters. The zero-order chi connectivity index (χ0) is 12.7. The zero-order valence-corrected chi connectivity index (χ0v) is 9.35. The number of carboxylic acid groups (broad SMARTS) is 1. The molecule has 0 fully saturated rings. The summed E-state index contributed by atoms with van der Waals surface area (Å²) < 4.78 is 0. The maximum atomic E-state index is 11.4. The highest BCUT2D eigenvalue weighted by Gasteiger charge is 2.04. The molecule has 0 heterocycles. The normalized spacial score (nSPS) is 9.94. The van der Waals surface area contributed by atoms with Crippen molar-refractivity contribution in [3.8, 4) is 0 Å². The summed E-state index contributed by atoms with van der Waals surface area (Å²) in [5.74, 6) is -1.12. The summed E-state index contributed by atoms with van der Waals surface area (Å²) in [4.78, 5) is 21.7. The van der Waals surface area contributed by atoms with Crippen LogP contribution in [-0.2, 0) is 16.2 Å². The lowest BCUT2D eigenvalue weighted by Gasteiger charge is -2.05. The third kappa shape index (κ3) is 5.12. The van der Waals surface area contributed by atoms with E-state index in [9.17, 15) is 9.59 Å². The molecule has 17 heavy (non-hydrogen) atoms. The highest BCUT2D eigenvalue weighted by molar-refractivity contribution is 5.90. The van der Waals surface area contributed by atoms with E-state index in [1.165, 1.54) is 0 Å². The van der Waals surface area contributed by atoms with Crippen LogP contribution >= 0.6 is 0 Å². The summed E-state index contributed by atoms with van der Waals surface area (Å²) in [6.07, 6.45) is 0.487. The van der Waals surface area contributed by atoms with Crippen LogP contribution in [-0.4, -0.2) is 22.1 Å². The first-order valence-electron chi connectivity index (χ1n) is 5.33. The SMILES string of the molecule is O=C(O)CCCC(=O)Nc1cccc(CO)c1. The third-order valence-electron chi connectivity index (χ3n) is 2.19. The Morgan fingerprint density at radius 2 is 2.00 bits per heavy atom. The van der Waals surface area contributed by atoms with Crippen molar-refractivity contribution in [3.05, 3.63) is 29.8 Å². The van der Waals surface area contributed by atoms with Crippen LogP contribution in [0.5, 0.6) is 0 Å². The van der Waals surface area contributed by atoms with Gasteiger partial charge < -0.3 is 15.5 Å². The summed E-state index contributed by atoms with van der Waals surface area (Å²) in [5.41, 5.74) is 1.32. The van der Waals surface area contributed by atoms with Gasteiger partial charge in [0, 0.05) is 18.5 Å². The van der Waals surface area contributed by atoms with Crippen molar-refractivity contribution in [1.82, 2.24) is 0 Å². The van der Waals surface area contributed by atoms with Crippen LogP contribution in [0.1, 0.15) is 24.8 Å². The van der Waals surface area contributed by atoms with Crippen LogP contribution < -0.4 is 5.32 Å². The summed E-state index contributed by atoms with van der Waals surface area (Å²) in [7, 11) is 0. The standard InChI is InChI=1S/C12H15NO4/c14-8-9-3-1-4-10(7-9)13-11(15)5-2-6-12(16)17/h1,3-4,7,14H,2,5-6,8H2,(H,13,15)(H,16,17). The molecule has 0 spiro atoms. The monoisotopic (exact) mass is 237 g/mol. The number of hydrogen-bond donors (Lipinski definition) is 3. The Bertz CT molecular complexity index is 403. The van der Waals surface area contributed by atoms with E-state index < -0.39 is 5.97 Å². The fourth-order valence-electron chi connectivity index (χ4n) is 1.37. The lowest BCUT2D eigenvalue weighted by molar-refractivity contribution is -0.137. The molecule has 1 amide bonds. The van der Waals surface area contributed by atoms with Gasteiger partial charge in [0.25, 0.3) is 0 Å². The van der Waals surface area contributed by atoms with Gasteiger partial charge in [0.1, 0.15) is 0 Å². The van der Waals surface area contributed by atoms with E-state index >= 15 is 0 Å². The average molecular weight is 237 g/mol. The van der Waals surface area contributed by atoms with Crippen molar-refractivity contribution in [3.63, 3.8) is 0 Å². The Kier molecular flexibility index (Phi) is 5.16. The van der Waals surface area contributed by atoms with Gasteiger partial charge in [-0.3, -0.25) is 9.59 Å². The van der Waals surface area contributed by atoms with Crippen molar-refractivity contribution < 1.29 is 19.8 Å². The topological polar surface area (TPSA) is 86.6 Å². The smallest absolute Gasteiger partial charge is 0.303 e. The summed E-state index contributed by atoms with van der Waals surface area (Å²) >= 11 is 0. The second-order valence-corrected chi connectivity index (χ2v) is 3.65. The fourth-order valence-corrected chi connectivity index (χ4v) is 1.37. The molecule has 0 unspecified atom stereocenters. The van der Waals surface area contributed by atoms with Crippen LogP contribution in [0.3, 0.4) is 0 Å². The predicted octanol–water partition coefficient (Wildman–Crippen LogP) is 1.37. The highest BCUT2D eigenvalue weighted by atomic mass is 16.4. The highest BCUT2D eigenvalue weighted by Crippen LogP contribution is 2.11. The molecule has 0 radical (unpaired) electrons. The molecule has 1 aromatic carbocycles. The quantitative estimate of drug-likeness (QED) is 0.697. The van der Waals surface area contributed by atoms with Gasteiger partial charge in [-0.05, 0) is 24.1 Å². The molecule has 92 valence electrons. The van der Waals surface area contributed by atoms with Crippen molar-refractivity contribution in [1.29, 1.82) is 0 Å². The van der Waals surface area contributed by atoms with Gasteiger partial charge in [0.15, 0.2) is 0 Å². The zero-order valence-electron chi connectivity index (χ0n) is 9.35. The maximum absolute atomic E-state index is 11.4. The first-order valence-corrected chi connectivity index (χ1v) is 5.33. The molecule has 0 saturated carbocycles. The number of carbonyl (C=O) groups is 2. The van der Waals surface area contributed by atoms with E-state index in [4.69, 9.17) is 10.2 Å². The molecule has 3 N–H and O–H groups in total. The molecule has 5 heteroatoms. The molecule has 0 aliphatic carbocycles. The van der Waals surface area contributed by atoms with E-state index in [-0.39, 0.29) is 25.4 Å². The number of nitrogens with one attached hydrogen (secondary N) is 1. The Labute approximate surface area is 99.1 Å². The van der Waals surface area contributed by atoms with E-state index in [0.29, 0.717) is 17.7 Å². The minimum atomic E-state index is -0.903. The van der Waals surface area contributed by atoms with Crippen molar-refractivity contribution in [2.75, 3.05) is 5.32 Å². The van der Waals surface area contributed by atoms with Gasteiger partial charge in [0.2, 0.25) is 5.91 Å². The Hall–Kier alpha value is -1.88. The summed E-state index contributed by atoms with van der Waals surface area (Å²) in [6, 6.07) is 6.88. The van der Waals surface area contributed by atoms with Gasteiger partial charge in [-0.2, -0.15) is 0 Å². The molecule has 0 aliphatic heterocycles. The first kappa shape index (κ1) is 13.2. The molecular weight excluding hydrogens is 222 g/mol. The Balaban J connectivity index is 2.42. The Morgan fingerprint density at radius 1 is 1.24 bits per heavy atom. The molecule has 0 aliphatic rings. The number of benzene rings is 1. The molecule has 1 aromatic rings. The molecule has 0 aromatic heterocycles. The van der Waals surface area contributed by atoms with Crippen LogP contribution in [0.15, 0.2) is 24.3 Å².